The number of likely N-dealkylation sites (tertiary alicyclic amines) is 1. The van der Waals surface area contributed by atoms with Gasteiger partial charge in [0.2, 0.25) is 0 Å². The highest BCUT2D eigenvalue weighted by molar-refractivity contribution is 7.98. The molecule has 0 bridgehead atoms. The molecule has 1 heterocycles. The Bertz CT molecular complexity index is 363. The Labute approximate surface area is 115 Å². The average Bonchev–Trinajstić information content (AvgIpc) is 2.89. The van der Waals surface area contributed by atoms with E-state index in [4.69, 9.17) is 5.73 Å². The van der Waals surface area contributed by atoms with E-state index in [9.17, 15) is 0 Å². The first-order valence-electron chi connectivity index (χ1n) is 6.86. The van der Waals surface area contributed by atoms with Gasteiger partial charge in [0, 0.05) is 24.0 Å². The van der Waals surface area contributed by atoms with Gasteiger partial charge >= 0.3 is 0 Å². The predicted molar refractivity (Wildman–Crippen MR) is 80.0 cm³/mol. The second-order valence-corrected chi connectivity index (χ2v) is 5.96. The van der Waals surface area contributed by atoms with Gasteiger partial charge in [0.15, 0.2) is 0 Å². The minimum absolute atomic E-state index is 0.400. The van der Waals surface area contributed by atoms with Gasteiger partial charge in [0.25, 0.3) is 0 Å². The number of rotatable bonds is 5. The maximum Gasteiger partial charge on any atom is 0.0470 e. The molecule has 1 aliphatic rings. The van der Waals surface area contributed by atoms with Gasteiger partial charge in [-0.05, 0) is 42.8 Å². The summed E-state index contributed by atoms with van der Waals surface area (Å²) < 4.78 is 0. The van der Waals surface area contributed by atoms with Crippen molar-refractivity contribution >= 4 is 11.8 Å². The van der Waals surface area contributed by atoms with E-state index in [1.54, 1.807) is 11.8 Å². The second kappa shape index (κ2) is 6.60. The van der Waals surface area contributed by atoms with Crippen LogP contribution in [0.2, 0.25) is 0 Å². The predicted octanol–water partition coefficient (Wildman–Crippen LogP) is 3.14. The lowest BCUT2D eigenvalue weighted by Gasteiger charge is -2.27. The Morgan fingerprint density at radius 2 is 2.11 bits per heavy atom. The third kappa shape index (κ3) is 3.08. The van der Waals surface area contributed by atoms with E-state index in [2.05, 4.69) is 42.3 Å². The molecule has 0 spiro atoms. The monoisotopic (exact) mass is 264 g/mol. The number of thioether (sulfide) groups is 1. The normalized spacial score (nSPS) is 22.3. The molecular formula is C15H24N2S. The minimum atomic E-state index is 0.400. The molecule has 2 rings (SSSR count). The molecule has 2 atom stereocenters. The minimum Gasteiger partial charge on any atom is -0.329 e. The first-order chi connectivity index (χ1) is 8.78. The molecule has 0 aliphatic carbocycles. The molecule has 1 aliphatic heterocycles. The summed E-state index contributed by atoms with van der Waals surface area (Å²) in [4.78, 5) is 3.88. The smallest absolute Gasteiger partial charge is 0.0470 e. The Morgan fingerprint density at radius 1 is 1.39 bits per heavy atom. The fraction of sp³-hybridized carbons (Fsp3) is 0.600. The first kappa shape index (κ1) is 13.9. The van der Waals surface area contributed by atoms with Crippen LogP contribution in [0, 0.1) is 5.92 Å². The highest BCUT2D eigenvalue weighted by Gasteiger charge is 2.27. The van der Waals surface area contributed by atoms with Crippen molar-refractivity contribution in [1.29, 1.82) is 0 Å². The van der Waals surface area contributed by atoms with Crippen molar-refractivity contribution in [1.82, 2.24) is 4.90 Å². The molecule has 3 heteroatoms. The third-order valence-electron chi connectivity index (χ3n) is 4.06. The third-order valence-corrected chi connectivity index (χ3v) is 4.80. The summed E-state index contributed by atoms with van der Waals surface area (Å²) in [7, 11) is 0. The summed E-state index contributed by atoms with van der Waals surface area (Å²) in [5.74, 6) is 0.865. The van der Waals surface area contributed by atoms with Gasteiger partial charge in [-0.25, -0.2) is 0 Å². The molecule has 2 unspecified atom stereocenters. The Kier molecular flexibility index (Phi) is 5.10. The molecule has 1 aromatic carbocycles. The molecule has 1 aromatic rings. The van der Waals surface area contributed by atoms with E-state index in [1.165, 1.54) is 36.4 Å². The van der Waals surface area contributed by atoms with Crippen LogP contribution in [0.5, 0.6) is 0 Å². The van der Waals surface area contributed by atoms with Gasteiger partial charge in [-0.1, -0.05) is 25.5 Å². The molecule has 0 aromatic heterocycles. The summed E-state index contributed by atoms with van der Waals surface area (Å²) in [6.45, 7) is 5.42. The number of nitrogens with two attached hydrogens (primary N) is 1. The SMILES string of the molecule is CCC1CCN(C(CN)c2ccc(SC)cc2)C1. The van der Waals surface area contributed by atoms with Crippen LogP contribution in [0.15, 0.2) is 29.2 Å². The molecule has 2 nitrogen and oxygen atoms in total. The first-order valence-corrected chi connectivity index (χ1v) is 8.09. The Morgan fingerprint density at radius 3 is 2.61 bits per heavy atom. The summed E-state index contributed by atoms with van der Waals surface area (Å²) in [6, 6.07) is 9.29. The van der Waals surface area contributed by atoms with Gasteiger partial charge in [0.05, 0.1) is 0 Å². The van der Waals surface area contributed by atoms with E-state index in [0.717, 1.165) is 12.5 Å². The molecule has 0 amide bonds. The fourth-order valence-corrected chi connectivity index (χ4v) is 3.21. The van der Waals surface area contributed by atoms with E-state index in [1.807, 2.05) is 0 Å². The molecule has 1 fully saturated rings. The van der Waals surface area contributed by atoms with Gasteiger partial charge in [0.1, 0.15) is 0 Å². The van der Waals surface area contributed by atoms with Crippen molar-refractivity contribution in [3.63, 3.8) is 0 Å². The lowest BCUT2D eigenvalue weighted by molar-refractivity contribution is 0.241. The van der Waals surface area contributed by atoms with Crippen LogP contribution >= 0.6 is 11.8 Å². The number of nitrogens with zero attached hydrogens (tertiary/aromatic N) is 1. The Hall–Kier alpha value is -0.510. The van der Waals surface area contributed by atoms with Crippen LogP contribution in [0.25, 0.3) is 0 Å². The van der Waals surface area contributed by atoms with Crippen molar-refractivity contribution in [2.24, 2.45) is 11.7 Å². The highest BCUT2D eigenvalue weighted by Crippen LogP contribution is 2.29. The van der Waals surface area contributed by atoms with Crippen LogP contribution < -0.4 is 5.73 Å². The van der Waals surface area contributed by atoms with Gasteiger partial charge < -0.3 is 5.73 Å². The molecule has 2 N–H and O–H groups in total. The number of hydrogen-bond donors (Lipinski definition) is 1. The molecule has 18 heavy (non-hydrogen) atoms. The van der Waals surface area contributed by atoms with Crippen LogP contribution in [-0.4, -0.2) is 30.8 Å². The van der Waals surface area contributed by atoms with E-state index < -0.39 is 0 Å². The molecule has 0 saturated carbocycles. The maximum atomic E-state index is 6.00. The summed E-state index contributed by atoms with van der Waals surface area (Å²) >= 11 is 1.79. The lowest BCUT2D eigenvalue weighted by Crippen LogP contribution is -2.32. The molecular weight excluding hydrogens is 240 g/mol. The van der Waals surface area contributed by atoms with Crippen molar-refractivity contribution in [3.8, 4) is 0 Å². The van der Waals surface area contributed by atoms with Crippen molar-refractivity contribution in [2.75, 3.05) is 25.9 Å². The van der Waals surface area contributed by atoms with E-state index in [0.29, 0.717) is 6.04 Å². The van der Waals surface area contributed by atoms with Crippen molar-refractivity contribution in [3.05, 3.63) is 29.8 Å². The zero-order chi connectivity index (χ0) is 13.0. The van der Waals surface area contributed by atoms with Crippen LogP contribution in [0.3, 0.4) is 0 Å². The molecule has 1 saturated heterocycles. The summed E-state index contributed by atoms with van der Waals surface area (Å²) in [5, 5.41) is 0. The Balaban J connectivity index is 2.08. The lowest BCUT2D eigenvalue weighted by atomic mass is 10.0. The topological polar surface area (TPSA) is 29.3 Å². The number of benzene rings is 1. The summed E-state index contributed by atoms with van der Waals surface area (Å²) in [6.07, 6.45) is 4.73. The van der Waals surface area contributed by atoms with Crippen molar-refractivity contribution in [2.45, 2.75) is 30.7 Å². The van der Waals surface area contributed by atoms with Crippen LogP contribution in [0.1, 0.15) is 31.4 Å². The van der Waals surface area contributed by atoms with Gasteiger partial charge in [-0.15, -0.1) is 11.8 Å². The molecule has 100 valence electrons. The van der Waals surface area contributed by atoms with Crippen LogP contribution in [-0.2, 0) is 0 Å². The van der Waals surface area contributed by atoms with Crippen LogP contribution in [0.4, 0.5) is 0 Å². The number of hydrogen-bond acceptors (Lipinski definition) is 3. The van der Waals surface area contributed by atoms with E-state index >= 15 is 0 Å². The standard InChI is InChI=1S/C15H24N2S/c1-3-12-8-9-17(11-12)15(10-16)13-4-6-14(18-2)7-5-13/h4-7,12,15H,3,8-11,16H2,1-2H3. The molecule has 0 radical (unpaired) electrons. The fourth-order valence-electron chi connectivity index (χ4n) is 2.80. The average molecular weight is 264 g/mol. The zero-order valence-electron chi connectivity index (χ0n) is 11.4. The maximum absolute atomic E-state index is 6.00. The largest absolute Gasteiger partial charge is 0.329 e. The quantitative estimate of drug-likeness (QED) is 0.829. The van der Waals surface area contributed by atoms with Crippen molar-refractivity contribution < 1.29 is 0 Å². The summed E-state index contributed by atoms with van der Waals surface area (Å²) in [5.41, 5.74) is 7.36. The highest BCUT2D eigenvalue weighted by atomic mass is 32.2. The van der Waals surface area contributed by atoms with E-state index in [-0.39, 0.29) is 0 Å². The van der Waals surface area contributed by atoms with Gasteiger partial charge in [-0.3, -0.25) is 4.90 Å². The zero-order valence-corrected chi connectivity index (χ0v) is 12.2. The van der Waals surface area contributed by atoms with Gasteiger partial charge in [-0.2, -0.15) is 0 Å². The second-order valence-electron chi connectivity index (χ2n) is 5.08.